The summed E-state index contributed by atoms with van der Waals surface area (Å²) in [6, 6.07) is -0.0139. The molecule has 11 heavy (non-hydrogen) atoms. The molecule has 66 valence electrons. The van der Waals surface area contributed by atoms with Crippen LogP contribution in [-0.2, 0) is 0 Å². The number of carbonyl (C=O) groups excluding carboxylic acids is 1. The van der Waals surface area contributed by atoms with Crippen LogP contribution in [0.1, 0.15) is 27.7 Å². The summed E-state index contributed by atoms with van der Waals surface area (Å²) in [5.41, 5.74) is -0.138. The lowest BCUT2D eigenvalue weighted by Crippen LogP contribution is -2.46. The molecule has 0 aliphatic carbocycles. The predicted molar refractivity (Wildman–Crippen MR) is 46.6 cm³/mol. The van der Waals surface area contributed by atoms with E-state index in [2.05, 4.69) is 5.32 Å². The lowest BCUT2D eigenvalue weighted by atomic mass is 10.1. The molecular formula is C8H18N2O. The van der Waals surface area contributed by atoms with Crippen LogP contribution in [0, 0.1) is 0 Å². The molecule has 0 aromatic heterocycles. The second kappa shape index (κ2) is 3.60. The van der Waals surface area contributed by atoms with Gasteiger partial charge in [0.25, 0.3) is 0 Å². The molecular weight excluding hydrogens is 140 g/mol. The molecule has 0 aliphatic rings. The molecule has 0 spiro atoms. The second-order valence-corrected chi connectivity index (χ2v) is 3.69. The molecule has 0 radical (unpaired) electrons. The van der Waals surface area contributed by atoms with Crippen molar-refractivity contribution in [1.29, 1.82) is 0 Å². The average molecular weight is 158 g/mol. The van der Waals surface area contributed by atoms with E-state index in [0.29, 0.717) is 0 Å². The van der Waals surface area contributed by atoms with Gasteiger partial charge in [-0.15, -0.1) is 0 Å². The first-order valence-corrected chi connectivity index (χ1v) is 3.90. The van der Waals surface area contributed by atoms with Crippen LogP contribution in [0.5, 0.6) is 0 Å². The Bertz CT molecular complexity index is 138. The first kappa shape index (κ1) is 10.3. The molecule has 3 nitrogen and oxygen atoms in total. The Labute approximate surface area is 68.8 Å². The summed E-state index contributed by atoms with van der Waals surface area (Å²) in [5, 5.41) is 2.86. The fourth-order valence-electron chi connectivity index (χ4n) is 0.560. The van der Waals surface area contributed by atoms with Crippen LogP contribution in [0.3, 0.4) is 0 Å². The highest BCUT2D eigenvalue weighted by Gasteiger charge is 2.15. The maximum absolute atomic E-state index is 11.2. The highest BCUT2D eigenvalue weighted by molar-refractivity contribution is 5.74. The van der Waals surface area contributed by atoms with E-state index in [1.165, 1.54) is 0 Å². The summed E-state index contributed by atoms with van der Waals surface area (Å²) in [7, 11) is 1.78. The molecule has 0 saturated heterocycles. The summed E-state index contributed by atoms with van der Waals surface area (Å²) < 4.78 is 0. The lowest BCUT2D eigenvalue weighted by molar-refractivity contribution is 0.201. The van der Waals surface area contributed by atoms with E-state index < -0.39 is 0 Å². The van der Waals surface area contributed by atoms with Gasteiger partial charge in [0.1, 0.15) is 0 Å². The van der Waals surface area contributed by atoms with Gasteiger partial charge >= 0.3 is 6.03 Å². The van der Waals surface area contributed by atoms with E-state index in [1.807, 2.05) is 27.7 Å². The summed E-state index contributed by atoms with van der Waals surface area (Å²) in [6.07, 6.45) is 0. The van der Waals surface area contributed by atoms with Gasteiger partial charge in [-0.1, -0.05) is 0 Å². The summed E-state index contributed by atoms with van der Waals surface area (Å²) in [4.78, 5) is 12.8. The fraction of sp³-hybridized carbons (Fsp3) is 0.875. The van der Waals surface area contributed by atoms with Crippen molar-refractivity contribution in [3.63, 3.8) is 0 Å². The van der Waals surface area contributed by atoms with Crippen LogP contribution >= 0.6 is 0 Å². The quantitative estimate of drug-likeness (QED) is 0.615. The molecule has 0 aliphatic heterocycles. The van der Waals surface area contributed by atoms with Gasteiger partial charge in [0.15, 0.2) is 0 Å². The molecule has 0 heterocycles. The number of rotatable bonds is 1. The fourth-order valence-corrected chi connectivity index (χ4v) is 0.560. The van der Waals surface area contributed by atoms with Gasteiger partial charge in [-0.2, -0.15) is 0 Å². The third kappa shape index (κ3) is 4.65. The van der Waals surface area contributed by atoms with Crippen molar-refractivity contribution in [2.45, 2.75) is 33.2 Å². The Balaban J connectivity index is 3.88. The van der Waals surface area contributed by atoms with Crippen LogP contribution in [0.25, 0.3) is 0 Å². The van der Waals surface area contributed by atoms with Crippen LogP contribution < -0.4 is 5.32 Å². The van der Waals surface area contributed by atoms with Crippen molar-refractivity contribution in [3.05, 3.63) is 0 Å². The molecule has 0 bridgehead atoms. The standard InChI is InChI=1S/C8H18N2O/c1-6-10(5)7(11)9-8(2,3)4/h6H2,1-5H3,(H,9,11). The molecule has 0 rings (SSSR count). The topological polar surface area (TPSA) is 32.3 Å². The van der Waals surface area contributed by atoms with E-state index in [9.17, 15) is 4.79 Å². The maximum Gasteiger partial charge on any atom is 0.317 e. The predicted octanol–water partition coefficient (Wildman–Crippen LogP) is 1.45. The van der Waals surface area contributed by atoms with Crippen LogP contribution in [0.15, 0.2) is 0 Å². The molecule has 0 aromatic carbocycles. The second-order valence-electron chi connectivity index (χ2n) is 3.69. The Kier molecular flexibility index (Phi) is 3.36. The highest BCUT2D eigenvalue weighted by atomic mass is 16.2. The van der Waals surface area contributed by atoms with Crippen LogP contribution in [0.4, 0.5) is 4.79 Å². The average Bonchev–Trinajstić information content (AvgIpc) is 1.82. The van der Waals surface area contributed by atoms with Crippen molar-refractivity contribution in [3.8, 4) is 0 Å². The smallest absolute Gasteiger partial charge is 0.317 e. The van der Waals surface area contributed by atoms with E-state index >= 15 is 0 Å². The SMILES string of the molecule is CCN(C)C(=O)NC(C)(C)C. The molecule has 0 saturated carbocycles. The Hall–Kier alpha value is -0.730. The minimum absolute atomic E-state index is 0.0139. The molecule has 0 aromatic rings. The lowest BCUT2D eigenvalue weighted by Gasteiger charge is -2.24. The number of nitrogens with zero attached hydrogens (tertiary/aromatic N) is 1. The molecule has 0 fully saturated rings. The number of nitrogens with one attached hydrogen (secondary N) is 1. The van der Waals surface area contributed by atoms with E-state index in [4.69, 9.17) is 0 Å². The van der Waals surface area contributed by atoms with Crippen molar-refractivity contribution in [2.75, 3.05) is 13.6 Å². The maximum atomic E-state index is 11.2. The highest BCUT2D eigenvalue weighted by Crippen LogP contribution is 1.99. The van der Waals surface area contributed by atoms with Gasteiger partial charge in [0, 0.05) is 19.1 Å². The van der Waals surface area contributed by atoms with Gasteiger partial charge in [-0.25, -0.2) is 4.79 Å². The zero-order chi connectivity index (χ0) is 9.07. The monoisotopic (exact) mass is 158 g/mol. The number of carbonyl (C=O) groups is 1. The number of urea groups is 1. The molecule has 2 amide bonds. The number of amides is 2. The van der Waals surface area contributed by atoms with Crippen molar-refractivity contribution in [1.82, 2.24) is 10.2 Å². The molecule has 0 atom stereocenters. The largest absolute Gasteiger partial charge is 0.333 e. The Morgan fingerprint density at radius 1 is 1.45 bits per heavy atom. The van der Waals surface area contributed by atoms with Crippen molar-refractivity contribution >= 4 is 6.03 Å². The summed E-state index contributed by atoms with van der Waals surface area (Å²) >= 11 is 0. The Morgan fingerprint density at radius 2 is 1.91 bits per heavy atom. The van der Waals surface area contributed by atoms with Crippen molar-refractivity contribution < 1.29 is 4.79 Å². The van der Waals surface area contributed by atoms with E-state index in [-0.39, 0.29) is 11.6 Å². The minimum Gasteiger partial charge on any atom is -0.333 e. The van der Waals surface area contributed by atoms with E-state index in [0.717, 1.165) is 6.54 Å². The normalized spacial score (nSPS) is 11.0. The van der Waals surface area contributed by atoms with Gasteiger partial charge in [-0.3, -0.25) is 0 Å². The Morgan fingerprint density at radius 3 is 2.18 bits per heavy atom. The summed E-state index contributed by atoms with van der Waals surface area (Å²) in [6.45, 7) is 8.58. The molecule has 0 unspecified atom stereocenters. The van der Waals surface area contributed by atoms with Crippen molar-refractivity contribution in [2.24, 2.45) is 0 Å². The zero-order valence-electron chi connectivity index (χ0n) is 8.06. The third-order valence-electron chi connectivity index (χ3n) is 1.30. The van der Waals surface area contributed by atoms with Crippen LogP contribution in [-0.4, -0.2) is 30.1 Å². The van der Waals surface area contributed by atoms with E-state index in [1.54, 1.807) is 11.9 Å². The number of hydrogen-bond donors (Lipinski definition) is 1. The summed E-state index contributed by atoms with van der Waals surface area (Å²) in [5.74, 6) is 0. The first-order chi connectivity index (χ1) is 4.87. The zero-order valence-corrected chi connectivity index (χ0v) is 8.06. The van der Waals surface area contributed by atoms with Gasteiger partial charge in [0.05, 0.1) is 0 Å². The minimum atomic E-state index is -0.138. The van der Waals surface area contributed by atoms with Crippen LogP contribution in [0.2, 0.25) is 0 Å². The van der Waals surface area contributed by atoms with Gasteiger partial charge in [0.2, 0.25) is 0 Å². The third-order valence-corrected chi connectivity index (χ3v) is 1.30. The molecule has 1 N–H and O–H groups in total. The number of hydrogen-bond acceptors (Lipinski definition) is 1. The molecule has 3 heteroatoms. The van der Waals surface area contributed by atoms with Gasteiger partial charge < -0.3 is 10.2 Å². The van der Waals surface area contributed by atoms with Gasteiger partial charge in [-0.05, 0) is 27.7 Å². The first-order valence-electron chi connectivity index (χ1n) is 3.90.